The van der Waals surface area contributed by atoms with Crippen LogP contribution in [0.3, 0.4) is 0 Å². The summed E-state index contributed by atoms with van der Waals surface area (Å²) in [6, 6.07) is 2.64. The number of hydrogen-bond acceptors (Lipinski definition) is 3. The van der Waals surface area contributed by atoms with Crippen LogP contribution in [0, 0.1) is 12.8 Å². The number of anilines is 1. The second kappa shape index (κ2) is 5.08. The highest BCUT2D eigenvalue weighted by molar-refractivity contribution is 7.80. The number of nitrogens with two attached hydrogens (primary N) is 1. The summed E-state index contributed by atoms with van der Waals surface area (Å²) in [4.78, 5) is 7.53. The molecule has 0 radical (unpaired) electrons. The van der Waals surface area contributed by atoms with Gasteiger partial charge in [-0.2, -0.15) is 0 Å². The lowest BCUT2D eigenvalue weighted by Crippen LogP contribution is -2.36. The predicted octanol–water partition coefficient (Wildman–Crippen LogP) is 2.79. The summed E-state index contributed by atoms with van der Waals surface area (Å²) < 4.78 is 0. The minimum Gasteiger partial charge on any atom is -0.389 e. The Bertz CT molecular complexity index is 500. The smallest absolute Gasteiger partial charge is 0.139 e. The van der Waals surface area contributed by atoms with Gasteiger partial charge in [-0.15, -0.1) is 0 Å². The van der Waals surface area contributed by atoms with E-state index >= 15 is 0 Å². The lowest BCUT2D eigenvalue weighted by molar-refractivity contribution is 0.341. The first-order valence-electron chi connectivity index (χ1n) is 7.20. The largest absolute Gasteiger partial charge is 0.389 e. The SMILES string of the molecule is Cc1ccnc(N2CCC3CCCCC32)c1C(N)=S. The Balaban J connectivity index is 1.98. The van der Waals surface area contributed by atoms with E-state index < -0.39 is 0 Å². The van der Waals surface area contributed by atoms with Gasteiger partial charge < -0.3 is 10.6 Å². The van der Waals surface area contributed by atoms with E-state index in [-0.39, 0.29) is 0 Å². The first kappa shape index (κ1) is 12.9. The van der Waals surface area contributed by atoms with Crippen LogP contribution in [-0.2, 0) is 0 Å². The lowest BCUT2D eigenvalue weighted by atomic mass is 9.85. The summed E-state index contributed by atoms with van der Waals surface area (Å²) in [5, 5.41) is 0. The summed E-state index contributed by atoms with van der Waals surface area (Å²) in [7, 11) is 0. The van der Waals surface area contributed by atoms with Gasteiger partial charge in [0.1, 0.15) is 10.8 Å². The highest BCUT2D eigenvalue weighted by Crippen LogP contribution is 2.39. The van der Waals surface area contributed by atoms with Crippen molar-refractivity contribution in [1.29, 1.82) is 0 Å². The van der Waals surface area contributed by atoms with Gasteiger partial charge in [-0.05, 0) is 43.7 Å². The van der Waals surface area contributed by atoms with Gasteiger partial charge in [0.25, 0.3) is 0 Å². The summed E-state index contributed by atoms with van der Waals surface area (Å²) in [5.74, 6) is 1.86. The molecular weight excluding hydrogens is 254 g/mol. The predicted molar refractivity (Wildman–Crippen MR) is 82.6 cm³/mol. The van der Waals surface area contributed by atoms with Crippen molar-refractivity contribution >= 4 is 23.0 Å². The van der Waals surface area contributed by atoms with Crippen molar-refractivity contribution in [1.82, 2.24) is 4.98 Å². The Morgan fingerprint density at radius 1 is 1.37 bits per heavy atom. The van der Waals surface area contributed by atoms with E-state index in [1.165, 1.54) is 32.1 Å². The number of nitrogens with zero attached hydrogens (tertiary/aromatic N) is 2. The van der Waals surface area contributed by atoms with Gasteiger partial charge in [-0.3, -0.25) is 0 Å². The summed E-state index contributed by atoms with van der Waals surface area (Å²) >= 11 is 5.23. The molecule has 3 nitrogen and oxygen atoms in total. The van der Waals surface area contributed by atoms with E-state index in [4.69, 9.17) is 18.0 Å². The maximum absolute atomic E-state index is 5.92. The molecule has 2 unspecified atom stereocenters. The van der Waals surface area contributed by atoms with E-state index in [0.717, 1.165) is 29.4 Å². The molecule has 19 heavy (non-hydrogen) atoms. The van der Waals surface area contributed by atoms with Gasteiger partial charge in [0, 0.05) is 18.8 Å². The van der Waals surface area contributed by atoms with Crippen molar-refractivity contribution < 1.29 is 0 Å². The number of rotatable bonds is 2. The topological polar surface area (TPSA) is 42.2 Å². The highest BCUT2D eigenvalue weighted by Gasteiger charge is 2.37. The molecule has 2 aliphatic rings. The summed E-state index contributed by atoms with van der Waals surface area (Å²) in [6.07, 6.45) is 8.55. The van der Waals surface area contributed by atoms with Crippen molar-refractivity contribution in [3.05, 3.63) is 23.4 Å². The quantitative estimate of drug-likeness (QED) is 0.843. The van der Waals surface area contributed by atoms with E-state index in [1.807, 2.05) is 12.3 Å². The average Bonchev–Trinajstić information content (AvgIpc) is 2.81. The zero-order valence-electron chi connectivity index (χ0n) is 11.4. The summed E-state index contributed by atoms with van der Waals surface area (Å²) in [6.45, 7) is 3.16. The standard InChI is InChI=1S/C15H21N3S/c1-10-6-8-17-15(13(10)14(16)19)18-9-7-11-4-2-3-5-12(11)18/h6,8,11-12H,2-5,7,9H2,1H3,(H2,16,19). The van der Waals surface area contributed by atoms with Gasteiger partial charge in [-0.25, -0.2) is 4.98 Å². The number of aryl methyl sites for hydroxylation is 1. The number of thiocarbonyl (C=S) groups is 1. The Morgan fingerprint density at radius 3 is 2.95 bits per heavy atom. The Hall–Kier alpha value is -1.16. The van der Waals surface area contributed by atoms with E-state index in [1.54, 1.807) is 0 Å². The van der Waals surface area contributed by atoms with Gasteiger partial charge in [-0.1, -0.05) is 25.1 Å². The van der Waals surface area contributed by atoms with Crippen LogP contribution in [0.5, 0.6) is 0 Å². The van der Waals surface area contributed by atoms with Crippen molar-refractivity contribution in [2.75, 3.05) is 11.4 Å². The normalized spacial score (nSPS) is 26.3. The van der Waals surface area contributed by atoms with E-state index in [0.29, 0.717) is 11.0 Å². The van der Waals surface area contributed by atoms with Crippen LogP contribution in [0.25, 0.3) is 0 Å². The molecule has 0 spiro atoms. The Kier molecular flexibility index (Phi) is 3.44. The van der Waals surface area contributed by atoms with Gasteiger partial charge in [0.15, 0.2) is 0 Å². The van der Waals surface area contributed by atoms with Crippen LogP contribution in [0.1, 0.15) is 43.2 Å². The molecule has 2 atom stereocenters. The molecule has 0 aromatic carbocycles. The second-order valence-electron chi connectivity index (χ2n) is 5.78. The van der Waals surface area contributed by atoms with Crippen LogP contribution < -0.4 is 10.6 Å². The van der Waals surface area contributed by atoms with Crippen molar-refractivity contribution in [2.45, 2.75) is 45.1 Å². The number of aromatic nitrogens is 1. The third-order valence-corrected chi connectivity index (χ3v) is 4.87. The molecule has 1 aromatic rings. The fourth-order valence-electron chi connectivity index (χ4n) is 3.74. The number of pyridine rings is 1. The maximum Gasteiger partial charge on any atom is 0.139 e. The highest BCUT2D eigenvalue weighted by atomic mass is 32.1. The molecule has 1 saturated carbocycles. The number of fused-ring (bicyclic) bond motifs is 1. The molecule has 2 N–H and O–H groups in total. The monoisotopic (exact) mass is 275 g/mol. The number of hydrogen-bond donors (Lipinski definition) is 1. The third kappa shape index (κ3) is 2.22. The molecule has 1 aliphatic carbocycles. The molecule has 102 valence electrons. The molecule has 4 heteroatoms. The van der Waals surface area contributed by atoms with Crippen LogP contribution in [-0.4, -0.2) is 22.6 Å². The average molecular weight is 275 g/mol. The van der Waals surface area contributed by atoms with Crippen LogP contribution >= 0.6 is 12.2 Å². The molecule has 1 aliphatic heterocycles. The molecule has 1 saturated heterocycles. The lowest BCUT2D eigenvalue weighted by Gasteiger charge is -2.33. The summed E-state index contributed by atoms with van der Waals surface area (Å²) in [5.41, 5.74) is 8.03. The van der Waals surface area contributed by atoms with Gasteiger partial charge in [0.05, 0.1) is 5.56 Å². The Morgan fingerprint density at radius 2 is 2.16 bits per heavy atom. The third-order valence-electron chi connectivity index (χ3n) is 4.67. The van der Waals surface area contributed by atoms with Crippen LogP contribution in [0.4, 0.5) is 5.82 Å². The zero-order valence-corrected chi connectivity index (χ0v) is 12.2. The minimum atomic E-state index is 0.472. The molecule has 3 rings (SSSR count). The Labute approximate surface area is 120 Å². The van der Waals surface area contributed by atoms with Gasteiger partial charge in [0.2, 0.25) is 0 Å². The van der Waals surface area contributed by atoms with Crippen molar-refractivity contribution in [3.8, 4) is 0 Å². The first-order valence-corrected chi connectivity index (χ1v) is 7.61. The van der Waals surface area contributed by atoms with Gasteiger partial charge >= 0.3 is 0 Å². The molecule has 0 amide bonds. The van der Waals surface area contributed by atoms with E-state index in [9.17, 15) is 0 Å². The van der Waals surface area contributed by atoms with Crippen molar-refractivity contribution in [3.63, 3.8) is 0 Å². The molecular formula is C15H21N3S. The van der Waals surface area contributed by atoms with Crippen molar-refractivity contribution in [2.24, 2.45) is 11.7 Å². The molecule has 2 fully saturated rings. The molecule has 2 heterocycles. The maximum atomic E-state index is 5.92. The fourth-order valence-corrected chi connectivity index (χ4v) is 3.99. The van der Waals surface area contributed by atoms with Crippen LogP contribution in [0.15, 0.2) is 12.3 Å². The molecule has 1 aromatic heterocycles. The minimum absolute atomic E-state index is 0.472. The zero-order chi connectivity index (χ0) is 13.4. The van der Waals surface area contributed by atoms with E-state index in [2.05, 4.69) is 16.8 Å². The fraction of sp³-hybridized carbons (Fsp3) is 0.600. The first-order chi connectivity index (χ1) is 9.18. The molecule has 0 bridgehead atoms. The van der Waals surface area contributed by atoms with Crippen LogP contribution in [0.2, 0.25) is 0 Å². The second-order valence-corrected chi connectivity index (χ2v) is 6.22.